The second-order valence-electron chi connectivity index (χ2n) is 3.22. The van der Waals surface area contributed by atoms with Crippen LogP contribution in [0.25, 0.3) is 0 Å². The molecular formula is C7H11NO2. The van der Waals surface area contributed by atoms with Crippen LogP contribution in [0, 0.1) is 11.8 Å². The number of carboxylic acid groups (broad SMARTS) is 1. The minimum absolute atomic E-state index is 0.237. The third-order valence-electron chi connectivity index (χ3n) is 2.55. The van der Waals surface area contributed by atoms with Crippen molar-refractivity contribution in [2.24, 2.45) is 11.8 Å². The van der Waals surface area contributed by atoms with Crippen molar-refractivity contribution in [3.05, 3.63) is 0 Å². The number of piperidine rings is 1. The normalized spacial score (nSPS) is 44.2. The van der Waals surface area contributed by atoms with E-state index in [0.717, 1.165) is 18.9 Å². The van der Waals surface area contributed by atoms with E-state index in [1.807, 2.05) is 0 Å². The molecule has 0 spiro atoms. The van der Waals surface area contributed by atoms with E-state index in [0.29, 0.717) is 5.92 Å². The largest absolute Gasteiger partial charge is 0.480 e. The van der Waals surface area contributed by atoms with Crippen LogP contribution in [0.1, 0.15) is 12.8 Å². The highest BCUT2D eigenvalue weighted by Gasteiger charge is 2.48. The van der Waals surface area contributed by atoms with Crippen molar-refractivity contribution in [2.45, 2.75) is 18.9 Å². The Morgan fingerprint density at radius 3 is 3.00 bits per heavy atom. The summed E-state index contributed by atoms with van der Waals surface area (Å²) in [5.74, 6) is 0.501. The Bertz CT molecular complexity index is 169. The lowest BCUT2D eigenvalue weighted by Crippen LogP contribution is -2.42. The van der Waals surface area contributed by atoms with Gasteiger partial charge in [0.05, 0.1) is 0 Å². The lowest BCUT2D eigenvalue weighted by molar-refractivity contribution is -0.140. The SMILES string of the molecule is O=C(O)[C@@H]1NCC[C@@H]2C[C@@H]21. The van der Waals surface area contributed by atoms with Gasteiger partial charge < -0.3 is 10.4 Å². The number of carbonyl (C=O) groups is 1. The Kier molecular flexibility index (Phi) is 1.20. The van der Waals surface area contributed by atoms with Crippen LogP contribution in [0.3, 0.4) is 0 Å². The summed E-state index contributed by atoms with van der Waals surface area (Å²) in [6, 6.07) is -0.237. The van der Waals surface area contributed by atoms with E-state index in [9.17, 15) is 4.79 Å². The lowest BCUT2D eigenvalue weighted by atomic mass is 10.1. The first-order valence-electron chi connectivity index (χ1n) is 3.75. The van der Waals surface area contributed by atoms with Gasteiger partial charge in [-0.3, -0.25) is 4.79 Å². The van der Waals surface area contributed by atoms with Gasteiger partial charge in [-0.25, -0.2) is 0 Å². The molecule has 3 atom stereocenters. The van der Waals surface area contributed by atoms with Gasteiger partial charge in [0, 0.05) is 0 Å². The number of nitrogens with one attached hydrogen (secondary N) is 1. The molecule has 56 valence electrons. The molecule has 2 rings (SSSR count). The van der Waals surface area contributed by atoms with Gasteiger partial charge in [0.15, 0.2) is 0 Å². The van der Waals surface area contributed by atoms with E-state index in [1.54, 1.807) is 0 Å². The van der Waals surface area contributed by atoms with Crippen LogP contribution < -0.4 is 5.32 Å². The van der Waals surface area contributed by atoms with Crippen molar-refractivity contribution in [3.63, 3.8) is 0 Å². The number of aliphatic carboxylic acids is 1. The first-order chi connectivity index (χ1) is 4.79. The predicted octanol–water partition coefficient (Wildman–Crippen LogP) is 0.0690. The van der Waals surface area contributed by atoms with Crippen molar-refractivity contribution < 1.29 is 9.90 Å². The van der Waals surface area contributed by atoms with Crippen LogP contribution in [-0.2, 0) is 4.79 Å². The summed E-state index contributed by atoms with van der Waals surface area (Å²) in [6.45, 7) is 0.887. The lowest BCUT2D eigenvalue weighted by Gasteiger charge is -2.18. The molecule has 0 bridgehead atoms. The van der Waals surface area contributed by atoms with Gasteiger partial charge in [0.1, 0.15) is 6.04 Å². The summed E-state index contributed by atoms with van der Waals surface area (Å²) in [5, 5.41) is 11.7. The van der Waals surface area contributed by atoms with Gasteiger partial charge in [0.2, 0.25) is 0 Å². The molecule has 0 unspecified atom stereocenters. The highest BCUT2D eigenvalue weighted by atomic mass is 16.4. The van der Waals surface area contributed by atoms with E-state index < -0.39 is 5.97 Å². The molecular weight excluding hydrogens is 130 g/mol. The number of rotatable bonds is 1. The summed E-state index contributed by atoms with van der Waals surface area (Å²) < 4.78 is 0. The molecule has 2 fully saturated rings. The van der Waals surface area contributed by atoms with E-state index in [-0.39, 0.29) is 6.04 Å². The standard InChI is InChI=1S/C7H11NO2/c9-7(10)6-5-3-4(5)1-2-8-6/h4-6,8H,1-3H2,(H,9,10)/t4-,5+,6-/m1/s1. The molecule has 2 aliphatic rings. The minimum atomic E-state index is -0.674. The average Bonchev–Trinajstić information content (AvgIpc) is 2.63. The van der Waals surface area contributed by atoms with Crippen LogP contribution >= 0.6 is 0 Å². The Labute approximate surface area is 59.4 Å². The van der Waals surface area contributed by atoms with Crippen molar-refractivity contribution in [3.8, 4) is 0 Å². The number of carboxylic acids is 1. The van der Waals surface area contributed by atoms with Gasteiger partial charge in [-0.2, -0.15) is 0 Å². The fourth-order valence-corrected chi connectivity index (χ4v) is 1.86. The molecule has 0 aromatic rings. The first-order valence-corrected chi connectivity index (χ1v) is 3.75. The highest BCUT2D eigenvalue weighted by molar-refractivity contribution is 5.74. The topological polar surface area (TPSA) is 49.3 Å². The summed E-state index contributed by atoms with van der Waals surface area (Å²) in [5.41, 5.74) is 0. The quantitative estimate of drug-likeness (QED) is 0.543. The van der Waals surface area contributed by atoms with E-state index in [1.165, 1.54) is 6.42 Å². The second-order valence-corrected chi connectivity index (χ2v) is 3.22. The highest BCUT2D eigenvalue weighted by Crippen LogP contribution is 2.45. The van der Waals surface area contributed by atoms with Crippen molar-refractivity contribution in [1.82, 2.24) is 5.32 Å². The minimum Gasteiger partial charge on any atom is -0.480 e. The Hall–Kier alpha value is -0.570. The molecule has 1 aliphatic carbocycles. The predicted molar refractivity (Wildman–Crippen MR) is 35.6 cm³/mol. The third kappa shape index (κ3) is 0.814. The Morgan fingerprint density at radius 2 is 2.40 bits per heavy atom. The van der Waals surface area contributed by atoms with Crippen LogP contribution in [0.2, 0.25) is 0 Å². The molecule has 1 saturated carbocycles. The fraction of sp³-hybridized carbons (Fsp3) is 0.857. The van der Waals surface area contributed by atoms with E-state index in [2.05, 4.69) is 5.32 Å². The summed E-state index contributed by atoms with van der Waals surface area (Å²) in [4.78, 5) is 10.5. The molecule has 0 aromatic carbocycles. The van der Waals surface area contributed by atoms with Gasteiger partial charge in [-0.05, 0) is 31.2 Å². The van der Waals surface area contributed by atoms with Crippen LogP contribution in [0.15, 0.2) is 0 Å². The Morgan fingerprint density at radius 1 is 1.60 bits per heavy atom. The van der Waals surface area contributed by atoms with E-state index >= 15 is 0 Å². The zero-order valence-corrected chi connectivity index (χ0v) is 5.71. The van der Waals surface area contributed by atoms with Crippen molar-refractivity contribution >= 4 is 5.97 Å². The van der Waals surface area contributed by atoms with Gasteiger partial charge >= 0.3 is 5.97 Å². The van der Waals surface area contributed by atoms with Gasteiger partial charge in [0.25, 0.3) is 0 Å². The van der Waals surface area contributed by atoms with Crippen LogP contribution in [-0.4, -0.2) is 23.7 Å². The molecule has 1 aliphatic heterocycles. The fourth-order valence-electron chi connectivity index (χ4n) is 1.86. The second kappa shape index (κ2) is 1.95. The average molecular weight is 141 g/mol. The number of fused-ring (bicyclic) bond motifs is 1. The summed E-state index contributed by atoms with van der Waals surface area (Å²) in [7, 11) is 0. The van der Waals surface area contributed by atoms with Crippen LogP contribution in [0.5, 0.6) is 0 Å². The molecule has 0 amide bonds. The summed E-state index contributed by atoms with van der Waals surface area (Å²) in [6.07, 6.45) is 2.30. The Balaban J connectivity index is 2.02. The smallest absolute Gasteiger partial charge is 0.320 e. The third-order valence-corrected chi connectivity index (χ3v) is 2.55. The monoisotopic (exact) mass is 141 g/mol. The molecule has 1 saturated heterocycles. The van der Waals surface area contributed by atoms with Crippen molar-refractivity contribution in [1.29, 1.82) is 0 Å². The van der Waals surface area contributed by atoms with Gasteiger partial charge in [-0.15, -0.1) is 0 Å². The van der Waals surface area contributed by atoms with E-state index in [4.69, 9.17) is 5.11 Å². The summed E-state index contributed by atoms with van der Waals surface area (Å²) >= 11 is 0. The molecule has 2 N–H and O–H groups in total. The maximum Gasteiger partial charge on any atom is 0.320 e. The molecule has 0 aromatic heterocycles. The maximum absolute atomic E-state index is 10.5. The molecule has 10 heavy (non-hydrogen) atoms. The molecule has 3 nitrogen and oxygen atoms in total. The first kappa shape index (κ1) is 6.16. The maximum atomic E-state index is 10.5. The van der Waals surface area contributed by atoms with Gasteiger partial charge in [-0.1, -0.05) is 0 Å². The molecule has 0 radical (unpaired) electrons. The molecule has 1 heterocycles. The molecule has 3 heteroatoms. The number of hydrogen-bond acceptors (Lipinski definition) is 2. The van der Waals surface area contributed by atoms with Crippen LogP contribution in [0.4, 0.5) is 0 Å². The number of hydrogen-bond donors (Lipinski definition) is 2. The van der Waals surface area contributed by atoms with Crippen molar-refractivity contribution in [2.75, 3.05) is 6.54 Å². The zero-order valence-electron chi connectivity index (χ0n) is 5.71. The zero-order chi connectivity index (χ0) is 7.14.